The van der Waals surface area contributed by atoms with Crippen molar-refractivity contribution in [2.75, 3.05) is 9.80 Å². The van der Waals surface area contributed by atoms with E-state index in [1.54, 1.807) is 0 Å². The molecule has 0 unspecified atom stereocenters. The molecule has 0 aliphatic carbocycles. The molecule has 45 heavy (non-hydrogen) atoms. The highest BCUT2D eigenvalue weighted by atomic mass is 16.5. The Labute approximate surface area is 261 Å². The molecule has 0 aromatic heterocycles. The van der Waals surface area contributed by atoms with Gasteiger partial charge in [0.25, 0.3) is 0 Å². The number of para-hydroxylation sites is 4. The molecule has 0 bridgehead atoms. The topological polar surface area (TPSA) is 15.7 Å². The van der Waals surface area contributed by atoms with Gasteiger partial charge < -0.3 is 14.5 Å². The van der Waals surface area contributed by atoms with Crippen molar-refractivity contribution in [2.45, 2.75) is 0 Å². The Kier molecular flexibility index (Phi) is 5.82. The third-order valence-electron chi connectivity index (χ3n) is 8.74. The van der Waals surface area contributed by atoms with Gasteiger partial charge in [-0.3, -0.25) is 0 Å². The Morgan fingerprint density at radius 1 is 0.333 bits per heavy atom. The molecular formula is C42H28N2O. The van der Waals surface area contributed by atoms with Crippen molar-refractivity contribution in [1.29, 1.82) is 0 Å². The molecule has 0 spiro atoms. The lowest BCUT2D eigenvalue weighted by molar-refractivity contribution is 0.493. The van der Waals surface area contributed by atoms with E-state index in [1.165, 1.54) is 10.8 Å². The minimum absolute atomic E-state index is 0.876. The van der Waals surface area contributed by atoms with Crippen molar-refractivity contribution in [2.24, 2.45) is 0 Å². The predicted molar refractivity (Wildman–Crippen MR) is 188 cm³/mol. The summed E-state index contributed by atoms with van der Waals surface area (Å²) in [5, 5.41) is 7.05. The monoisotopic (exact) mass is 576 g/mol. The van der Waals surface area contributed by atoms with E-state index in [0.29, 0.717) is 0 Å². The summed E-state index contributed by atoms with van der Waals surface area (Å²) in [6, 6.07) is 60.0. The van der Waals surface area contributed by atoms with Crippen molar-refractivity contribution in [3.63, 3.8) is 0 Å². The van der Waals surface area contributed by atoms with Crippen molar-refractivity contribution in [1.82, 2.24) is 0 Å². The number of benzene rings is 8. The zero-order valence-corrected chi connectivity index (χ0v) is 24.5. The summed E-state index contributed by atoms with van der Waals surface area (Å²) in [6.45, 7) is 0. The van der Waals surface area contributed by atoms with Crippen LogP contribution in [0.2, 0.25) is 0 Å². The number of nitrogens with zero attached hydrogens (tertiary/aromatic N) is 2. The van der Waals surface area contributed by atoms with E-state index in [-0.39, 0.29) is 0 Å². The minimum atomic E-state index is 0.876. The van der Waals surface area contributed by atoms with E-state index in [1.807, 2.05) is 0 Å². The fourth-order valence-corrected chi connectivity index (χ4v) is 6.82. The molecule has 1 aliphatic rings. The van der Waals surface area contributed by atoms with Crippen LogP contribution in [0.5, 0.6) is 11.5 Å². The second kappa shape index (κ2) is 10.3. The van der Waals surface area contributed by atoms with Crippen LogP contribution in [-0.4, -0.2) is 0 Å². The zero-order valence-electron chi connectivity index (χ0n) is 24.5. The van der Waals surface area contributed by atoms with Crippen LogP contribution in [0.25, 0.3) is 32.3 Å². The first-order valence-corrected chi connectivity index (χ1v) is 15.3. The average Bonchev–Trinajstić information content (AvgIpc) is 3.11. The highest BCUT2D eigenvalue weighted by Crippen LogP contribution is 2.52. The zero-order chi connectivity index (χ0) is 29.7. The van der Waals surface area contributed by atoms with Gasteiger partial charge in [0.2, 0.25) is 0 Å². The highest BCUT2D eigenvalue weighted by molar-refractivity contribution is 6.27. The lowest BCUT2D eigenvalue weighted by Gasteiger charge is -2.30. The van der Waals surface area contributed by atoms with Crippen molar-refractivity contribution in [3.8, 4) is 11.5 Å². The summed E-state index contributed by atoms with van der Waals surface area (Å²) >= 11 is 0. The molecule has 0 radical (unpaired) electrons. The SMILES string of the molecule is c1ccc(N(c2ccccc2)c2cc3c4c(ccc5ccc6c(N(c7ccccc7)c7ccccc7)ccc(c6c54)O3)c2)cc1. The van der Waals surface area contributed by atoms with Gasteiger partial charge >= 0.3 is 0 Å². The molecule has 0 N–H and O–H groups in total. The molecule has 0 atom stereocenters. The molecule has 8 aromatic rings. The van der Waals surface area contributed by atoms with Gasteiger partial charge in [0, 0.05) is 50.4 Å². The maximum Gasteiger partial charge on any atom is 0.138 e. The van der Waals surface area contributed by atoms with Gasteiger partial charge in [-0.25, -0.2) is 0 Å². The van der Waals surface area contributed by atoms with Crippen LogP contribution in [0.15, 0.2) is 170 Å². The van der Waals surface area contributed by atoms with Crippen LogP contribution in [0.1, 0.15) is 0 Å². The third kappa shape index (κ3) is 4.13. The summed E-state index contributed by atoms with van der Waals surface area (Å²) in [5.41, 5.74) is 6.60. The van der Waals surface area contributed by atoms with E-state index in [4.69, 9.17) is 4.74 Å². The smallest absolute Gasteiger partial charge is 0.138 e. The van der Waals surface area contributed by atoms with Crippen LogP contribution in [0.3, 0.4) is 0 Å². The molecule has 1 heterocycles. The van der Waals surface area contributed by atoms with Gasteiger partial charge in [-0.05, 0) is 77.5 Å². The second-order valence-electron chi connectivity index (χ2n) is 11.4. The van der Waals surface area contributed by atoms with Crippen LogP contribution in [-0.2, 0) is 0 Å². The molecule has 0 saturated carbocycles. The standard InChI is InChI=1S/C42H28N2O/c1-5-13-31(14-6-1)43(32-15-7-2-8-16-32)35-27-30-22-21-29-23-24-36-37(25-26-38-42(36)41(29)40(30)39(28-35)45-38)44(33-17-9-3-10-18-33)34-19-11-4-12-20-34/h1-28H. The molecular weight excluding hydrogens is 548 g/mol. The van der Waals surface area contributed by atoms with Crippen molar-refractivity contribution in [3.05, 3.63) is 170 Å². The average molecular weight is 577 g/mol. The first kappa shape index (κ1) is 25.4. The molecule has 0 amide bonds. The molecule has 3 heteroatoms. The fraction of sp³-hybridized carbons (Fsp3) is 0. The fourth-order valence-electron chi connectivity index (χ4n) is 6.82. The van der Waals surface area contributed by atoms with Gasteiger partial charge in [-0.1, -0.05) is 97.1 Å². The summed E-state index contributed by atoms with van der Waals surface area (Å²) in [7, 11) is 0. The number of hydrogen-bond acceptors (Lipinski definition) is 3. The quantitative estimate of drug-likeness (QED) is 0.183. The van der Waals surface area contributed by atoms with Gasteiger partial charge in [0.15, 0.2) is 0 Å². The van der Waals surface area contributed by atoms with Crippen LogP contribution >= 0.6 is 0 Å². The Balaban J connectivity index is 1.30. The maximum absolute atomic E-state index is 6.85. The van der Waals surface area contributed by atoms with Crippen LogP contribution in [0, 0.1) is 0 Å². The number of hydrogen-bond donors (Lipinski definition) is 0. The van der Waals surface area contributed by atoms with Gasteiger partial charge in [-0.2, -0.15) is 0 Å². The van der Waals surface area contributed by atoms with E-state index in [9.17, 15) is 0 Å². The third-order valence-corrected chi connectivity index (χ3v) is 8.74. The lowest BCUT2D eigenvalue weighted by atomic mass is 9.92. The molecule has 8 aromatic carbocycles. The Hall–Kier alpha value is -6.06. The number of rotatable bonds is 6. The van der Waals surface area contributed by atoms with Crippen LogP contribution in [0.4, 0.5) is 34.1 Å². The Morgan fingerprint density at radius 3 is 1.42 bits per heavy atom. The molecule has 9 rings (SSSR count). The van der Waals surface area contributed by atoms with Gasteiger partial charge in [-0.15, -0.1) is 0 Å². The highest BCUT2D eigenvalue weighted by Gasteiger charge is 2.25. The summed E-state index contributed by atoms with van der Waals surface area (Å²) < 4.78 is 6.85. The minimum Gasteiger partial charge on any atom is -0.456 e. The van der Waals surface area contributed by atoms with E-state index in [2.05, 4.69) is 180 Å². The molecule has 212 valence electrons. The normalized spacial score (nSPS) is 11.7. The lowest BCUT2D eigenvalue weighted by Crippen LogP contribution is -2.11. The predicted octanol–water partition coefficient (Wildman–Crippen LogP) is 12.2. The Bertz CT molecular complexity index is 2260. The summed E-state index contributed by atoms with van der Waals surface area (Å²) in [5.74, 6) is 1.75. The molecule has 1 aliphatic heterocycles. The van der Waals surface area contributed by atoms with Gasteiger partial charge in [0.1, 0.15) is 11.5 Å². The largest absolute Gasteiger partial charge is 0.456 e. The van der Waals surface area contributed by atoms with E-state index in [0.717, 1.165) is 67.2 Å². The number of anilines is 6. The first-order chi connectivity index (χ1) is 22.3. The van der Waals surface area contributed by atoms with Gasteiger partial charge in [0.05, 0.1) is 11.4 Å². The van der Waals surface area contributed by atoms with Crippen molar-refractivity contribution >= 4 is 66.4 Å². The maximum atomic E-state index is 6.85. The Morgan fingerprint density at radius 2 is 0.844 bits per heavy atom. The second-order valence-corrected chi connectivity index (χ2v) is 11.4. The molecule has 0 saturated heterocycles. The molecule has 0 fully saturated rings. The van der Waals surface area contributed by atoms with Crippen molar-refractivity contribution < 1.29 is 4.74 Å². The van der Waals surface area contributed by atoms with Crippen LogP contribution < -0.4 is 14.5 Å². The summed E-state index contributed by atoms with van der Waals surface area (Å²) in [4.78, 5) is 4.63. The van der Waals surface area contributed by atoms with E-state index < -0.39 is 0 Å². The van der Waals surface area contributed by atoms with E-state index >= 15 is 0 Å². The number of ether oxygens (including phenoxy) is 1. The summed E-state index contributed by atoms with van der Waals surface area (Å²) in [6.07, 6.45) is 0. The first-order valence-electron chi connectivity index (χ1n) is 15.3. The molecule has 3 nitrogen and oxygen atoms in total.